The van der Waals surface area contributed by atoms with Gasteiger partial charge in [0, 0.05) is 25.0 Å². The highest BCUT2D eigenvalue weighted by Crippen LogP contribution is 2.71. The number of aliphatic hydroxyl groups is 2. The number of hydrogen-bond donors (Lipinski definition) is 2. The maximum Gasteiger partial charge on any atom is 0.139 e. The summed E-state index contributed by atoms with van der Waals surface area (Å²) in [6.45, 7) is 5.39. The van der Waals surface area contributed by atoms with Gasteiger partial charge in [-0.1, -0.05) is 13.8 Å². The zero-order valence-electron chi connectivity index (χ0n) is 16.8. The zero-order chi connectivity index (χ0) is 18.6. The van der Waals surface area contributed by atoms with Crippen molar-refractivity contribution in [2.45, 2.75) is 84.5 Å². The standard InChI is InChI=1S/C23H38O3/c1-21-9-7-19-17(18(21)3-4-20(21)26)6-11-23(12-14-25)15-16(8-13-24)5-10-22(19,23)2/h16-19,24-25H,3-15H2,1-2H3/t16?,17-,18-,19+,21-,22+,23?/m0/s1. The largest absolute Gasteiger partial charge is 0.396 e. The zero-order valence-corrected chi connectivity index (χ0v) is 16.8. The molecule has 4 fully saturated rings. The summed E-state index contributed by atoms with van der Waals surface area (Å²) >= 11 is 0. The summed E-state index contributed by atoms with van der Waals surface area (Å²) in [6.07, 6.45) is 12.2. The van der Waals surface area contributed by atoms with E-state index in [0.29, 0.717) is 42.2 Å². The van der Waals surface area contributed by atoms with Crippen molar-refractivity contribution in [3.8, 4) is 0 Å². The van der Waals surface area contributed by atoms with Gasteiger partial charge in [-0.15, -0.1) is 0 Å². The monoisotopic (exact) mass is 362 g/mol. The van der Waals surface area contributed by atoms with E-state index >= 15 is 0 Å². The van der Waals surface area contributed by atoms with Gasteiger partial charge in [0.25, 0.3) is 0 Å². The number of fused-ring (bicyclic) bond motifs is 5. The lowest BCUT2D eigenvalue weighted by Crippen LogP contribution is -2.59. The number of rotatable bonds is 4. The van der Waals surface area contributed by atoms with Crippen LogP contribution < -0.4 is 0 Å². The van der Waals surface area contributed by atoms with Crippen LogP contribution in [0.4, 0.5) is 0 Å². The molecule has 4 saturated carbocycles. The van der Waals surface area contributed by atoms with Crippen LogP contribution in [0.25, 0.3) is 0 Å². The Kier molecular flexibility index (Phi) is 4.79. The molecule has 4 aliphatic carbocycles. The Bertz CT molecular complexity index is 560. The number of ketones is 1. The molecule has 0 aromatic rings. The van der Waals surface area contributed by atoms with Crippen molar-refractivity contribution >= 4 is 5.78 Å². The second kappa shape index (κ2) is 6.58. The number of Topliss-reactive ketones (excluding diaryl/α,β-unsaturated/α-hetero) is 1. The van der Waals surface area contributed by atoms with Gasteiger partial charge in [-0.2, -0.15) is 0 Å². The van der Waals surface area contributed by atoms with Gasteiger partial charge in [0.15, 0.2) is 0 Å². The van der Waals surface area contributed by atoms with Crippen molar-refractivity contribution in [1.29, 1.82) is 0 Å². The molecule has 0 aliphatic heterocycles. The van der Waals surface area contributed by atoms with Gasteiger partial charge >= 0.3 is 0 Å². The lowest BCUT2D eigenvalue weighted by molar-refractivity contribution is -0.174. The Balaban J connectivity index is 1.65. The predicted molar refractivity (Wildman–Crippen MR) is 103 cm³/mol. The molecule has 4 rings (SSSR count). The molecular weight excluding hydrogens is 324 g/mol. The normalized spacial score (nSPS) is 50.8. The first kappa shape index (κ1) is 18.9. The molecule has 3 heteroatoms. The first-order chi connectivity index (χ1) is 12.4. The third-order valence-electron chi connectivity index (χ3n) is 10.0. The van der Waals surface area contributed by atoms with Gasteiger partial charge in [-0.3, -0.25) is 4.79 Å². The summed E-state index contributed by atoms with van der Waals surface area (Å²) in [5.74, 6) is 3.20. The fourth-order valence-corrected chi connectivity index (χ4v) is 8.47. The molecule has 0 aromatic heterocycles. The average molecular weight is 363 g/mol. The maximum absolute atomic E-state index is 12.6. The minimum atomic E-state index is -0.0391. The second-order valence-corrected chi connectivity index (χ2v) is 10.6. The Morgan fingerprint density at radius 3 is 2.50 bits per heavy atom. The van der Waals surface area contributed by atoms with Crippen molar-refractivity contribution in [3.05, 3.63) is 0 Å². The van der Waals surface area contributed by atoms with Gasteiger partial charge in [-0.25, -0.2) is 0 Å². The molecule has 2 unspecified atom stereocenters. The third-order valence-corrected chi connectivity index (χ3v) is 10.0. The van der Waals surface area contributed by atoms with E-state index in [1.807, 2.05) is 0 Å². The molecule has 0 aromatic carbocycles. The van der Waals surface area contributed by atoms with Gasteiger partial charge in [0.1, 0.15) is 5.78 Å². The maximum atomic E-state index is 12.6. The van der Waals surface area contributed by atoms with E-state index in [2.05, 4.69) is 13.8 Å². The molecule has 7 atom stereocenters. The van der Waals surface area contributed by atoms with Crippen LogP contribution in [-0.4, -0.2) is 29.2 Å². The highest BCUT2D eigenvalue weighted by Gasteiger charge is 2.64. The Labute approximate surface area is 158 Å². The van der Waals surface area contributed by atoms with Crippen molar-refractivity contribution in [2.75, 3.05) is 13.2 Å². The Hall–Kier alpha value is -0.410. The molecule has 0 amide bonds. The van der Waals surface area contributed by atoms with E-state index in [-0.39, 0.29) is 10.8 Å². The number of carbonyl (C=O) groups is 1. The average Bonchev–Trinajstić information content (AvgIpc) is 2.92. The van der Waals surface area contributed by atoms with Crippen molar-refractivity contribution < 1.29 is 15.0 Å². The molecule has 0 bridgehead atoms. The topological polar surface area (TPSA) is 57.5 Å². The molecule has 148 valence electrons. The van der Waals surface area contributed by atoms with Crippen molar-refractivity contribution in [3.63, 3.8) is 0 Å². The number of hydrogen-bond acceptors (Lipinski definition) is 3. The van der Waals surface area contributed by atoms with E-state index in [1.54, 1.807) is 0 Å². The lowest BCUT2D eigenvalue weighted by Gasteiger charge is -2.66. The van der Waals surface area contributed by atoms with Gasteiger partial charge in [-0.05, 0) is 98.7 Å². The van der Waals surface area contributed by atoms with Crippen LogP contribution in [-0.2, 0) is 4.79 Å². The van der Waals surface area contributed by atoms with Crippen molar-refractivity contribution in [1.82, 2.24) is 0 Å². The lowest BCUT2D eigenvalue weighted by atomic mass is 9.39. The highest BCUT2D eigenvalue weighted by molar-refractivity contribution is 5.87. The van der Waals surface area contributed by atoms with Gasteiger partial charge < -0.3 is 10.2 Å². The number of carbonyl (C=O) groups excluding carboxylic acids is 1. The summed E-state index contributed by atoms with van der Waals surface area (Å²) in [4.78, 5) is 12.6. The first-order valence-electron chi connectivity index (χ1n) is 11.2. The Morgan fingerprint density at radius 1 is 0.962 bits per heavy atom. The van der Waals surface area contributed by atoms with Crippen LogP contribution in [0.1, 0.15) is 84.5 Å². The van der Waals surface area contributed by atoms with Gasteiger partial charge in [0.2, 0.25) is 0 Å². The van der Waals surface area contributed by atoms with Crippen LogP contribution in [0.5, 0.6) is 0 Å². The molecule has 0 saturated heterocycles. The molecular formula is C23H38O3. The van der Waals surface area contributed by atoms with E-state index in [0.717, 1.165) is 38.0 Å². The molecule has 0 heterocycles. The summed E-state index contributed by atoms with van der Waals surface area (Å²) in [5.41, 5.74) is 0.511. The minimum absolute atomic E-state index is 0.0391. The molecule has 2 N–H and O–H groups in total. The van der Waals surface area contributed by atoms with E-state index in [4.69, 9.17) is 0 Å². The van der Waals surface area contributed by atoms with E-state index < -0.39 is 0 Å². The molecule has 3 nitrogen and oxygen atoms in total. The van der Waals surface area contributed by atoms with Gasteiger partial charge in [0.05, 0.1) is 0 Å². The van der Waals surface area contributed by atoms with Crippen LogP contribution >= 0.6 is 0 Å². The van der Waals surface area contributed by atoms with E-state index in [1.165, 1.54) is 38.5 Å². The van der Waals surface area contributed by atoms with Crippen LogP contribution in [0.2, 0.25) is 0 Å². The van der Waals surface area contributed by atoms with Crippen LogP contribution in [0.15, 0.2) is 0 Å². The number of aliphatic hydroxyl groups excluding tert-OH is 2. The van der Waals surface area contributed by atoms with Crippen LogP contribution in [0, 0.1) is 39.9 Å². The SMILES string of the molecule is C[C@]12CC[C@@H]3[C@@H](CCC4(CCO)CC(CCO)CC[C@]34C)[C@@H]1CCC2=O. The minimum Gasteiger partial charge on any atom is -0.396 e. The molecule has 0 spiro atoms. The van der Waals surface area contributed by atoms with E-state index in [9.17, 15) is 15.0 Å². The van der Waals surface area contributed by atoms with Crippen LogP contribution in [0.3, 0.4) is 0 Å². The van der Waals surface area contributed by atoms with Crippen molar-refractivity contribution in [2.24, 2.45) is 39.9 Å². The molecule has 0 radical (unpaired) electrons. The summed E-state index contributed by atoms with van der Waals surface area (Å²) in [5, 5.41) is 19.4. The fraction of sp³-hybridized carbons (Fsp3) is 0.957. The predicted octanol–water partition coefficient (Wildman–Crippen LogP) is 4.35. The summed E-state index contributed by atoms with van der Waals surface area (Å²) in [6, 6.07) is 0. The second-order valence-electron chi connectivity index (χ2n) is 10.6. The summed E-state index contributed by atoms with van der Waals surface area (Å²) < 4.78 is 0. The summed E-state index contributed by atoms with van der Waals surface area (Å²) in [7, 11) is 0. The molecule has 26 heavy (non-hydrogen) atoms. The Morgan fingerprint density at radius 2 is 1.77 bits per heavy atom. The molecule has 4 aliphatic rings. The first-order valence-corrected chi connectivity index (χ1v) is 11.2. The fourth-order valence-electron chi connectivity index (χ4n) is 8.47. The third kappa shape index (κ3) is 2.49. The highest BCUT2D eigenvalue weighted by atomic mass is 16.3. The smallest absolute Gasteiger partial charge is 0.139 e. The quantitative estimate of drug-likeness (QED) is 0.782.